The van der Waals surface area contributed by atoms with Crippen molar-refractivity contribution in [2.24, 2.45) is 0 Å². The minimum atomic E-state index is -0.520. The number of halogens is 1. The molecule has 2 amide bonds. The van der Waals surface area contributed by atoms with E-state index in [1.54, 1.807) is 13.0 Å². The Balaban J connectivity index is 1.78. The Morgan fingerprint density at radius 1 is 0.958 bits per heavy atom. The van der Waals surface area contributed by atoms with Crippen molar-refractivity contribution in [1.29, 1.82) is 0 Å². The second kappa shape index (κ2) is 6.43. The highest BCUT2D eigenvalue weighted by atomic mass is 19.1. The van der Waals surface area contributed by atoms with E-state index in [-0.39, 0.29) is 5.82 Å². The number of para-hydroxylation sites is 1. The number of anilines is 1. The summed E-state index contributed by atoms with van der Waals surface area (Å²) in [6, 6.07) is 12.0. The number of carbonyl (C=O) groups is 2. The van der Waals surface area contributed by atoms with Crippen molar-refractivity contribution >= 4 is 17.5 Å². The lowest BCUT2D eigenvalue weighted by atomic mass is 10.1. The maximum atomic E-state index is 13.2. The van der Waals surface area contributed by atoms with Crippen LogP contribution in [0.15, 0.2) is 42.5 Å². The van der Waals surface area contributed by atoms with Crippen molar-refractivity contribution in [3.8, 4) is 0 Å². The highest BCUT2D eigenvalue weighted by Crippen LogP contribution is 2.23. The van der Waals surface area contributed by atoms with Crippen LogP contribution in [0.4, 0.5) is 10.1 Å². The van der Waals surface area contributed by atoms with E-state index in [9.17, 15) is 14.0 Å². The number of rotatable bonds is 3. The molecule has 0 bridgehead atoms. The molecule has 0 unspecified atom stereocenters. The number of aryl methyl sites for hydroxylation is 2. The zero-order valence-corrected chi connectivity index (χ0v) is 13.8. The lowest BCUT2D eigenvalue weighted by Gasteiger charge is -2.34. The van der Waals surface area contributed by atoms with E-state index < -0.39 is 11.8 Å². The monoisotopic (exact) mass is 326 g/mol. The summed E-state index contributed by atoms with van der Waals surface area (Å²) in [4.78, 5) is 28.0. The first-order chi connectivity index (χ1) is 11.5. The van der Waals surface area contributed by atoms with Gasteiger partial charge in [-0.25, -0.2) is 4.39 Å². The fraction of sp³-hybridized carbons (Fsp3) is 0.263. The van der Waals surface area contributed by atoms with Gasteiger partial charge in [0.2, 0.25) is 0 Å². The van der Waals surface area contributed by atoms with Crippen LogP contribution in [0.3, 0.4) is 0 Å². The first kappa shape index (κ1) is 16.2. The Bertz CT molecular complexity index is 804. The first-order valence-corrected chi connectivity index (χ1v) is 7.89. The van der Waals surface area contributed by atoms with Crippen LogP contribution < -0.4 is 4.90 Å². The Morgan fingerprint density at radius 3 is 2.42 bits per heavy atom. The number of piperazine rings is 1. The molecule has 1 saturated heterocycles. The Kier molecular flexibility index (Phi) is 4.34. The average Bonchev–Trinajstić information content (AvgIpc) is 2.55. The van der Waals surface area contributed by atoms with Gasteiger partial charge in [-0.2, -0.15) is 0 Å². The van der Waals surface area contributed by atoms with Crippen molar-refractivity contribution in [2.45, 2.75) is 20.4 Å². The summed E-state index contributed by atoms with van der Waals surface area (Å²) in [7, 11) is 0. The lowest BCUT2D eigenvalue weighted by molar-refractivity contribution is -0.146. The fourth-order valence-electron chi connectivity index (χ4n) is 2.96. The summed E-state index contributed by atoms with van der Waals surface area (Å²) in [5, 5.41) is 0. The van der Waals surface area contributed by atoms with Gasteiger partial charge in [-0.15, -0.1) is 0 Å². The predicted molar refractivity (Wildman–Crippen MR) is 90.1 cm³/mol. The van der Waals surface area contributed by atoms with Gasteiger partial charge in [0.25, 0.3) is 0 Å². The van der Waals surface area contributed by atoms with Crippen molar-refractivity contribution in [3.05, 3.63) is 65.0 Å². The smallest absolute Gasteiger partial charge is 0.316 e. The first-order valence-electron chi connectivity index (χ1n) is 7.89. The van der Waals surface area contributed by atoms with Crippen molar-refractivity contribution < 1.29 is 14.0 Å². The van der Waals surface area contributed by atoms with Crippen LogP contribution in [0.2, 0.25) is 0 Å². The molecule has 1 fully saturated rings. The van der Waals surface area contributed by atoms with Crippen molar-refractivity contribution in [1.82, 2.24) is 4.90 Å². The lowest BCUT2D eigenvalue weighted by Crippen LogP contribution is -2.54. The number of nitrogens with zero attached hydrogens (tertiary/aromatic N) is 2. The van der Waals surface area contributed by atoms with Gasteiger partial charge in [0.15, 0.2) is 0 Å². The van der Waals surface area contributed by atoms with Crippen LogP contribution in [-0.4, -0.2) is 29.8 Å². The Labute approximate surface area is 140 Å². The van der Waals surface area contributed by atoms with Gasteiger partial charge in [0.1, 0.15) is 5.82 Å². The van der Waals surface area contributed by atoms with Gasteiger partial charge in [0, 0.05) is 25.3 Å². The number of amides is 2. The number of benzene rings is 2. The standard InChI is InChI=1S/C19H19FN2O2/c1-13-5-3-4-6-17(13)22-10-9-21(18(23)19(22)24)12-15-7-8-16(20)11-14(15)2/h3-8,11H,9-10,12H2,1-2H3. The van der Waals surface area contributed by atoms with E-state index in [2.05, 4.69) is 0 Å². The number of carbonyl (C=O) groups excluding carboxylic acids is 2. The molecular formula is C19H19FN2O2. The molecule has 0 atom stereocenters. The molecule has 0 aromatic heterocycles. The van der Waals surface area contributed by atoms with Crippen molar-refractivity contribution in [3.63, 3.8) is 0 Å². The molecule has 0 aliphatic carbocycles. The molecule has 1 aliphatic heterocycles. The summed E-state index contributed by atoms with van der Waals surface area (Å²) in [5.41, 5.74) is 3.36. The number of hydrogen-bond donors (Lipinski definition) is 0. The van der Waals surface area contributed by atoms with Crippen LogP contribution in [0.25, 0.3) is 0 Å². The molecule has 3 rings (SSSR count). The van der Waals surface area contributed by atoms with Crippen LogP contribution in [0, 0.1) is 19.7 Å². The third kappa shape index (κ3) is 3.02. The van der Waals surface area contributed by atoms with E-state index in [4.69, 9.17) is 0 Å². The largest absolute Gasteiger partial charge is 0.328 e. The third-order valence-corrected chi connectivity index (χ3v) is 4.38. The van der Waals surface area contributed by atoms with E-state index in [1.807, 2.05) is 31.2 Å². The molecule has 2 aromatic rings. The zero-order valence-electron chi connectivity index (χ0n) is 13.8. The minimum absolute atomic E-state index is 0.303. The van der Waals surface area contributed by atoms with Gasteiger partial charge in [-0.1, -0.05) is 24.3 Å². The van der Waals surface area contributed by atoms with Gasteiger partial charge < -0.3 is 9.80 Å². The molecule has 5 heteroatoms. The molecule has 24 heavy (non-hydrogen) atoms. The molecule has 0 spiro atoms. The quantitative estimate of drug-likeness (QED) is 0.814. The summed E-state index contributed by atoms with van der Waals surface area (Å²) in [5.74, 6) is -1.34. The molecule has 1 aliphatic rings. The van der Waals surface area contributed by atoms with Crippen LogP contribution in [-0.2, 0) is 16.1 Å². The average molecular weight is 326 g/mol. The van der Waals surface area contributed by atoms with Gasteiger partial charge >= 0.3 is 11.8 Å². The second-order valence-corrected chi connectivity index (χ2v) is 6.04. The molecule has 2 aromatic carbocycles. The van der Waals surface area contributed by atoms with Crippen LogP contribution in [0.5, 0.6) is 0 Å². The zero-order chi connectivity index (χ0) is 17.3. The van der Waals surface area contributed by atoms with Crippen molar-refractivity contribution in [2.75, 3.05) is 18.0 Å². The van der Waals surface area contributed by atoms with E-state index >= 15 is 0 Å². The molecule has 0 N–H and O–H groups in total. The van der Waals surface area contributed by atoms with E-state index in [0.717, 1.165) is 22.4 Å². The summed E-state index contributed by atoms with van der Waals surface area (Å²) >= 11 is 0. The highest BCUT2D eigenvalue weighted by Gasteiger charge is 2.33. The van der Waals surface area contributed by atoms with Gasteiger partial charge in [-0.3, -0.25) is 9.59 Å². The summed E-state index contributed by atoms with van der Waals surface area (Å²) < 4.78 is 13.2. The molecular weight excluding hydrogens is 307 g/mol. The van der Waals surface area contributed by atoms with E-state index in [0.29, 0.717) is 19.6 Å². The molecule has 4 nitrogen and oxygen atoms in total. The van der Waals surface area contributed by atoms with Gasteiger partial charge in [0.05, 0.1) is 0 Å². The molecule has 1 heterocycles. The SMILES string of the molecule is Cc1cc(F)ccc1CN1CCN(c2ccccc2C)C(=O)C1=O. The topological polar surface area (TPSA) is 40.6 Å². The highest BCUT2D eigenvalue weighted by molar-refractivity contribution is 6.41. The summed E-state index contributed by atoms with van der Waals surface area (Å²) in [6.07, 6.45) is 0. The normalized spacial score (nSPS) is 15.1. The second-order valence-electron chi connectivity index (χ2n) is 6.04. The Hall–Kier alpha value is -2.69. The Morgan fingerprint density at radius 2 is 1.71 bits per heavy atom. The van der Waals surface area contributed by atoms with E-state index in [1.165, 1.54) is 21.9 Å². The van der Waals surface area contributed by atoms with Crippen LogP contribution in [0.1, 0.15) is 16.7 Å². The summed E-state index contributed by atoms with van der Waals surface area (Å²) in [6.45, 7) is 4.94. The third-order valence-electron chi connectivity index (χ3n) is 4.38. The minimum Gasteiger partial charge on any atom is -0.328 e. The maximum Gasteiger partial charge on any atom is 0.316 e. The predicted octanol–water partition coefficient (Wildman–Crippen LogP) is 2.82. The van der Waals surface area contributed by atoms with Crippen LogP contribution >= 0.6 is 0 Å². The molecule has 0 radical (unpaired) electrons. The maximum absolute atomic E-state index is 13.2. The number of hydrogen-bond acceptors (Lipinski definition) is 2. The fourth-order valence-corrected chi connectivity index (χ4v) is 2.96. The molecule has 124 valence electrons. The van der Waals surface area contributed by atoms with Gasteiger partial charge in [-0.05, 0) is 48.7 Å². The molecule has 0 saturated carbocycles.